The van der Waals surface area contributed by atoms with Gasteiger partial charge in [-0.2, -0.15) is 0 Å². The average Bonchev–Trinajstić information content (AvgIpc) is 3.30. The van der Waals surface area contributed by atoms with Crippen molar-refractivity contribution in [2.45, 2.75) is 19.3 Å². The van der Waals surface area contributed by atoms with E-state index in [2.05, 4.69) is 32.6 Å². The minimum atomic E-state index is 0.109. The summed E-state index contributed by atoms with van der Waals surface area (Å²) in [5, 5.41) is 12.9. The predicted molar refractivity (Wildman–Crippen MR) is 88.3 cm³/mol. The van der Waals surface area contributed by atoms with Gasteiger partial charge in [-0.3, -0.25) is 9.69 Å². The first-order valence-corrected chi connectivity index (χ1v) is 9.21. The van der Waals surface area contributed by atoms with Crippen molar-refractivity contribution >= 4 is 22.4 Å². The van der Waals surface area contributed by atoms with Crippen LogP contribution in [0, 0.1) is 17.8 Å². The van der Waals surface area contributed by atoms with Crippen molar-refractivity contribution in [1.82, 2.24) is 15.1 Å². The number of rotatable bonds is 5. The van der Waals surface area contributed by atoms with Gasteiger partial charge in [0.2, 0.25) is 11.0 Å². The Labute approximate surface area is 139 Å². The molecule has 0 aromatic carbocycles. The van der Waals surface area contributed by atoms with E-state index >= 15 is 0 Å². The van der Waals surface area contributed by atoms with Gasteiger partial charge in [-0.15, -0.1) is 10.2 Å². The standard InChI is InChI=1S/C16H22N4O2S/c21-15(13-10-11-1-2-12(13)9-11)17-16-19-18-14(23-16)3-4-20-5-7-22-8-6-20/h1-2,11-13H,3-10H2,(H,17,19,21)/t11-,12+,13+/m1/s1. The number of ether oxygens (including phenoxy) is 1. The van der Waals surface area contributed by atoms with Gasteiger partial charge in [0, 0.05) is 32.0 Å². The average molecular weight is 334 g/mol. The molecule has 1 saturated heterocycles. The molecule has 7 heteroatoms. The van der Waals surface area contributed by atoms with E-state index in [0.717, 1.165) is 57.1 Å². The maximum Gasteiger partial charge on any atom is 0.229 e. The van der Waals surface area contributed by atoms with Gasteiger partial charge < -0.3 is 10.1 Å². The Morgan fingerprint density at radius 3 is 2.91 bits per heavy atom. The van der Waals surface area contributed by atoms with E-state index in [9.17, 15) is 4.79 Å². The second-order valence-electron chi connectivity index (χ2n) is 6.58. The van der Waals surface area contributed by atoms with Gasteiger partial charge >= 0.3 is 0 Å². The molecular weight excluding hydrogens is 312 g/mol. The fourth-order valence-electron chi connectivity index (χ4n) is 3.76. The Morgan fingerprint density at radius 2 is 2.17 bits per heavy atom. The molecule has 2 heterocycles. The van der Waals surface area contributed by atoms with Crippen LogP contribution in [0.4, 0.5) is 5.13 Å². The van der Waals surface area contributed by atoms with Crippen molar-refractivity contribution in [2.75, 3.05) is 38.2 Å². The lowest BCUT2D eigenvalue weighted by molar-refractivity contribution is -0.120. The highest BCUT2D eigenvalue weighted by molar-refractivity contribution is 7.15. The van der Waals surface area contributed by atoms with Crippen molar-refractivity contribution in [3.63, 3.8) is 0 Å². The van der Waals surface area contributed by atoms with Crippen LogP contribution >= 0.6 is 11.3 Å². The Bertz CT molecular complexity index is 597. The minimum Gasteiger partial charge on any atom is -0.379 e. The third-order valence-corrected chi connectivity index (χ3v) is 5.96. The van der Waals surface area contributed by atoms with E-state index in [-0.39, 0.29) is 11.8 Å². The second-order valence-corrected chi connectivity index (χ2v) is 7.64. The molecular formula is C16H22N4O2S. The molecule has 2 bridgehead atoms. The zero-order valence-corrected chi connectivity index (χ0v) is 13.9. The number of fused-ring (bicyclic) bond motifs is 2. The molecule has 1 saturated carbocycles. The van der Waals surface area contributed by atoms with Crippen LogP contribution in [0.3, 0.4) is 0 Å². The third kappa shape index (κ3) is 3.46. The van der Waals surface area contributed by atoms with Crippen LogP contribution < -0.4 is 5.32 Å². The molecule has 3 atom stereocenters. The van der Waals surface area contributed by atoms with Crippen LogP contribution in [-0.2, 0) is 16.0 Å². The maximum atomic E-state index is 12.4. The summed E-state index contributed by atoms with van der Waals surface area (Å²) in [6, 6.07) is 0. The third-order valence-electron chi connectivity index (χ3n) is 5.06. The number of amides is 1. The smallest absolute Gasteiger partial charge is 0.229 e. The second kappa shape index (κ2) is 6.67. The predicted octanol–water partition coefficient (Wildman–Crippen LogP) is 1.56. The zero-order chi connectivity index (χ0) is 15.6. The van der Waals surface area contributed by atoms with Crippen molar-refractivity contribution in [2.24, 2.45) is 17.8 Å². The highest BCUT2D eigenvalue weighted by Crippen LogP contribution is 2.43. The summed E-state index contributed by atoms with van der Waals surface area (Å²) in [5.41, 5.74) is 0. The molecule has 0 radical (unpaired) electrons. The van der Waals surface area contributed by atoms with Gasteiger partial charge in [-0.1, -0.05) is 23.5 Å². The monoisotopic (exact) mass is 334 g/mol. The number of carbonyl (C=O) groups excluding carboxylic acids is 1. The van der Waals surface area contributed by atoms with Crippen LogP contribution in [0.15, 0.2) is 12.2 Å². The van der Waals surface area contributed by atoms with Crippen LogP contribution in [0.25, 0.3) is 0 Å². The summed E-state index contributed by atoms with van der Waals surface area (Å²) in [4.78, 5) is 14.8. The fraction of sp³-hybridized carbons (Fsp3) is 0.688. The van der Waals surface area contributed by atoms with Crippen molar-refractivity contribution in [3.05, 3.63) is 17.2 Å². The van der Waals surface area contributed by atoms with E-state index in [1.165, 1.54) is 11.3 Å². The van der Waals surface area contributed by atoms with Gasteiger partial charge in [-0.25, -0.2) is 0 Å². The lowest BCUT2D eigenvalue weighted by Crippen LogP contribution is -2.37. The summed E-state index contributed by atoms with van der Waals surface area (Å²) in [6.45, 7) is 4.58. The van der Waals surface area contributed by atoms with Gasteiger partial charge in [0.15, 0.2) is 0 Å². The summed E-state index contributed by atoms with van der Waals surface area (Å²) < 4.78 is 5.35. The molecule has 1 aliphatic heterocycles. The number of allylic oxidation sites excluding steroid dienone is 2. The number of hydrogen-bond acceptors (Lipinski definition) is 6. The number of nitrogens with zero attached hydrogens (tertiary/aromatic N) is 3. The first kappa shape index (κ1) is 15.2. The van der Waals surface area contributed by atoms with Gasteiger partial charge in [0.05, 0.1) is 13.2 Å². The minimum absolute atomic E-state index is 0.109. The highest BCUT2D eigenvalue weighted by Gasteiger charge is 2.39. The topological polar surface area (TPSA) is 67.4 Å². The molecule has 1 aromatic heterocycles. The molecule has 1 amide bonds. The normalized spacial score (nSPS) is 30.0. The fourth-order valence-corrected chi connectivity index (χ4v) is 4.50. The number of carbonyl (C=O) groups is 1. The quantitative estimate of drug-likeness (QED) is 0.828. The summed E-state index contributed by atoms with van der Waals surface area (Å²) in [6.07, 6.45) is 7.45. The van der Waals surface area contributed by atoms with Crippen LogP contribution in [0.1, 0.15) is 17.8 Å². The van der Waals surface area contributed by atoms with Crippen LogP contribution in [-0.4, -0.2) is 53.9 Å². The molecule has 124 valence electrons. The molecule has 23 heavy (non-hydrogen) atoms. The maximum absolute atomic E-state index is 12.4. The Morgan fingerprint density at radius 1 is 1.30 bits per heavy atom. The Balaban J connectivity index is 1.28. The van der Waals surface area contributed by atoms with E-state index in [1.807, 2.05) is 0 Å². The molecule has 6 nitrogen and oxygen atoms in total. The number of nitrogens with one attached hydrogen (secondary N) is 1. The van der Waals surface area contributed by atoms with Gasteiger partial charge in [0.25, 0.3) is 0 Å². The first-order valence-electron chi connectivity index (χ1n) is 8.39. The molecule has 0 unspecified atom stereocenters. The number of morpholine rings is 1. The summed E-state index contributed by atoms with van der Waals surface area (Å²) in [5.74, 6) is 1.26. The van der Waals surface area contributed by atoms with E-state index < -0.39 is 0 Å². The first-order chi connectivity index (χ1) is 11.3. The molecule has 0 spiro atoms. The van der Waals surface area contributed by atoms with Gasteiger partial charge in [-0.05, 0) is 24.7 Å². The number of anilines is 1. The van der Waals surface area contributed by atoms with Gasteiger partial charge in [0.1, 0.15) is 5.01 Å². The Kier molecular flexibility index (Phi) is 4.41. The molecule has 2 fully saturated rings. The van der Waals surface area contributed by atoms with E-state index in [1.54, 1.807) is 0 Å². The molecule has 4 rings (SSSR count). The lowest BCUT2D eigenvalue weighted by atomic mass is 9.93. The van der Waals surface area contributed by atoms with Crippen molar-refractivity contribution in [1.29, 1.82) is 0 Å². The van der Waals surface area contributed by atoms with Crippen molar-refractivity contribution in [3.8, 4) is 0 Å². The number of hydrogen-bond donors (Lipinski definition) is 1. The zero-order valence-electron chi connectivity index (χ0n) is 13.1. The molecule has 1 aromatic rings. The van der Waals surface area contributed by atoms with Crippen LogP contribution in [0.2, 0.25) is 0 Å². The highest BCUT2D eigenvalue weighted by atomic mass is 32.1. The van der Waals surface area contributed by atoms with Crippen LogP contribution in [0.5, 0.6) is 0 Å². The molecule has 2 aliphatic carbocycles. The molecule has 1 N–H and O–H groups in total. The lowest BCUT2D eigenvalue weighted by Gasteiger charge is -2.25. The summed E-state index contributed by atoms with van der Waals surface area (Å²) >= 11 is 1.50. The number of aromatic nitrogens is 2. The molecule has 3 aliphatic rings. The van der Waals surface area contributed by atoms with E-state index in [4.69, 9.17) is 4.74 Å². The largest absolute Gasteiger partial charge is 0.379 e. The Hall–Kier alpha value is -1.31. The summed E-state index contributed by atoms with van der Waals surface area (Å²) in [7, 11) is 0. The van der Waals surface area contributed by atoms with Crippen molar-refractivity contribution < 1.29 is 9.53 Å². The van der Waals surface area contributed by atoms with E-state index in [0.29, 0.717) is 17.0 Å². The SMILES string of the molecule is O=C(Nc1nnc(CCN2CCOCC2)s1)[C@H]1C[C@@H]2C=C[C@H]1C2.